The molecule has 2 atom stereocenters. The zero-order valence-electron chi connectivity index (χ0n) is 18.6. The van der Waals surface area contributed by atoms with Gasteiger partial charge < -0.3 is 5.32 Å². The highest BCUT2D eigenvalue weighted by Crippen LogP contribution is 2.43. The van der Waals surface area contributed by atoms with Gasteiger partial charge >= 0.3 is 0 Å². The highest BCUT2D eigenvalue weighted by Gasteiger charge is 2.37. The second-order valence-corrected chi connectivity index (χ2v) is 9.91. The maximum absolute atomic E-state index is 13.0. The van der Waals surface area contributed by atoms with Crippen molar-refractivity contribution < 1.29 is 4.79 Å². The molecule has 0 aromatic heterocycles. The molecule has 2 aliphatic rings. The molecular weight excluding hydrogens is 342 g/mol. The summed E-state index contributed by atoms with van der Waals surface area (Å²) in [6.07, 6.45) is 11.5. The van der Waals surface area contributed by atoms with Crippen LogP contribution in [0, 0.1) is 36.5 Å². The molecule has 1 amide bonds. The number of hydrogen-bond donors (Lipinski definition) is 1. The molecule has 0 saturated heterocycles. The Morgan fingerprint density at radius 2 is 1.75 bits per heavy atom. The van der Waals surface area contributed by atoms with E-state index in [-0.39, 0.29) is 11.8 Å². The Hall–Kier alpha value is -1.31. The van der Waals surface area contributed by atoms with E-state index < -0.39 is 0 Å². The van der Waals surface area contributed by atoms with Crippen molar-refractivity contribution in [2.24, 2.45) is 29.6 Å². The SMILES string of the molecule is CCCc1ccc(C)cc1CNC(=O)C1CC(C)C(CC2CCCC2)C(C)C1. The molecule has 0 radical (unpaired) electrons. The lowest BCUT2D eigenvalue weighted by Gasteiger charge is -2.40. The fourth-order valence-corrected chi connectivity index (χ4v) is 5.97. The molecule has 2 fully saturated rings. The number of nitrogens with one attached hydrogen (secondary N) is 1. The number of carbonyl (C=O) groups excluding carboxylic acids is 1. The summed E-state index contributed by atoms with van der Waals surface area (Å²) in [5.41, 5.74) is 3.96. The smallest absolute Gasteiger partial charge is 0.223 e. The van der Waals surface area contributed by atoms with Gasteiger partial charge in [0.05, 0.1) is 0 Å². The third-order valence-corrected chi connectivity index (χ3v) is 7.56. The highest BCUT2D eigenvalue weighted by molar-refractivity contribution is 5.78. The highest BCUT2D eigenvalue weighted by atomic mass is 16.1. The Morgan fingerprint density at radius 1 is 1.07 bits per heavy atom. The van der Waals surface area contributed by atoms with E-state index in [1.165, 1.54) is 48.8 Å². The van der Waals surface area contributed by atoms with Crippen LogP contribution in [-0.2, 0) is 17.8 Å². The van der Waals surface area contributed by atoms with Gasteiger partial charge in [0.25, 0.3) is 0 Å². The Bertz CT molecular complexity index is 634. The van der Waals surface area contributed by atoms with Gasteiger partial charge in [-0.2, -0.15) is 0 Å². The number of rotatable bonds is 7. The van der Waals surface area contributed by atoms with E-state index in [2.05, 4.69) is 51.2 Å². The van der Waals surface area contributed by atoms with Gasteiger partial charge in [0, 0.05) is 12.5 Å². The maximum Gasteiger partial charge on any atom is 0.223 e. The molecule has 1 aromatic carbocycles. The van der Waals surface area contributed by atoms with E-state index >= 15 is 0 Å². The van der Waals surface area contributed by atoms with E-state index in [4.69, 9.17) is 0 Å². The molecule has 3 rings (SSSR count). The molecule has 0 heterocycles. The summed E-state index contributed by atoms with van der Waals surface area (Å²) in [4.78, 5) is 13.0. The maximum atomic E-state index is 13.0. The Labute approximate surface area is 172 Å². The molecule has 0 aliphatic heterocycles. The molecule has 0 spiro atoms. The van der Waals surface area contributed by atoms with Crippen LogP contribution in [0.2, 0.25) is 0 Å². The Kier molecular flexibility index (Phi) is 7.60. The predicted octanol–water partition coefficient (Wildman–Crippen LogP) is 6.44. The molecule has 1 N–H and O–H groups in total. The minimum absolute atomic E-state index is 0.198. The van der Waals surface area contributed by atoms with Crippen LogP contribution in [0.25, 0.3) is 0 Å². The van der Waals surface area contributed by atoms with E-state index in [1.807, 2.05) is 0 Å². The molecular formula is C26H41NO. The lowest BCUT2D eigenvalue weighted by atomic mass is 9.66. The van der Waals surface area contributed by atoms with Crippen molar-refractivity contribution in [1.82, 2.24) is 5.32 Å². The third kappa shape index (κ3) is 5.39. The lowest BCUT2D eigenvalue weighted by molar-refractivity contribution is -0.128. The molecule has 2 saturated carbocycles. The zero-order chi connectivity index (χ0) is 20.1. The van der Waals surface area contributed by atoms with Crippen LogP contribution >= 0.6 is 0 Å². The average Bonchev–Trinajstić information content (AvgIpc) is 3.18. The fraction of sp³-hybridized carbons (Fsp3) is 0.731. The van der Waals surface area contributed by atoms with Crippen molar-refractivity contribution in [3.63, 3.8) is 0 Å². The van der Waals surface area contributed by atoms with E-state index in [0.29, 0.717) is 18.4 Å². The molecule has 1 aromatic rings. The Morgan fingerprint density at radius 3 is 2.39 bits per heavy atom. The van der Waals surface area contributed by atoms with E-state index in [0.717, 1.165) is 37.5 Å². The lowest BCUT2D eigenvalue weighted by Crippen LogP contribution is -2.39. The van der Waals surface area contributed by atoms with Crippen LogP contribution in [-0.4, -0.2) is 5.91 Å². The van der Waals surface area contributed by atoms with Crippen molar-refractivity contribution >= 4 is 5.91 Å². The minimum atomic E-state index is 0.198. The van der Waals surface area contributed by atoms with Gasteiger partial charge in [-0.15, -0.1) is 0 Å². The third-order valence-electron chi connectivity index (χ3n) is 7.56. The molecule has 2 heteroatoms. The second-order valence-electron chi connectivity index (χ2n) is 9.91. The van der Waals surface area contributed by atoms with Gasteiger partial charge in [-0.05, 0) is 67.4 Å². The van der Waals surface area contributed by atoms with Gasteiger partial charge in [0.15, 0.2) is 0 Å². The van der Waals surface area contributed by atoms with Gasteiger partial charge in [-0.25, -0.2) is 0 Å². The number of amides is 1. The summed E-state index contributed by atoms with van der Waals surface area (Å²) in [6.45, 7) is 9.83. The van der Waals surface area contributed by atoms with Crippen molar-refractivity contribution in [3.05, 3.63) is 34.9 Å². The van der Waals surface area contributed by atoms with Gasteiger partial charge in [-0.3, -0.25) is 4.79 Å². The van der Waals surface area contributed by atoms with Crippen LogP contribution in [0.3, 0.4) is 0 Å². The molecule has 2 unspecified atom stereocenters. The second kappa shape index (κ2) is 9.94. The van der Waals surface area contributed by atoms with E-state index in [9.17, 15) is 4.79 Å². The first-order valence-electron chi connectivity index (χ1n) is 11.8. The monoisotopic (exact) mass is 383 g/mol. The minimum Gasteiger partial charge on any atom is -0.352 e. The number of hydrogen-bond acceptors (Lipinski definition) is 1. The standard InChI is InChI=1S/C26H41NO/c1-5-8-22-12-11-18(2)13-24(22)17-27-26(28)23-14-19(3)25(20(4)15-23)16-21-9-6-7-10-21/h11-13,19-21,23,25H,5-10,14-17H2,1-4H3,(H,27,28). The summed E-state index contributed by atoms with van der Waals surface area (Å²) in [5.74, 6) is 3.61. The zero-order valence-corrected chi connectivity index (χ0v) is 18.6. The largest absolute Gasteiger partial charge is 0.352 e. The number of carbonyl (C=O) groups is 1. The predicted molar refractivity (Wildman–Crippen MR) is 118 cm³/mol. The average molecular weight is 384 g/mol. The summed E-state index contributed by atoms with van der Waals surface area (Å²) in [7, 11) is 0. The Balaban J connectivity index is 1.55. The summed E-state index contributed by atoms with van der Waals surface area (Å²) >= 11 is 0. The first kappa shape index (κ1) is 21.4. The number of benzene rings is 1. The molecule has 2 aliphatic carbocycles. The fourth-order valence-electron chi connectivity index (χ4n) is 5.97. The van der Waals surface area contributed by atoms with Gasteiger partial charge in [0.2, 0.25) is 5.91 Å². The number of aryl methyl sites for hydroxylation is 2. The van der Waals surface area contributed by atoms with Crippen molar-refractivity contribution in [1.29, 1.82) is 0 Å². The van der Waals surface area contributed by atoms with E-state index in [1.54, 1.807) is 0 Å². The molecule has 0 bridgehead atoms. The van der Waals surface area contributed by atoms with Crippen LogP contribution in [0.4, 0.5) is 0 Å². The molecule has 28 heavy (non-hydrogen) atoms. The summed E-state index contributed by atoms with van der Waals surface area (Å²) < 4.78 is 0. The molecule has 156 valence electrons. The summed E-state index contributed by atoms with van der Waals surface area (Å²) in [5, 5.41) is 3.28. The normalized spacial score (nSPS) is 28.4. The van der Waals surface area contributed by atoms with Crippen molar-refractivity contribution in [2.75, 3.05) is 0 Å². The van der Waals surface area contributed by atoms with Crippen molar-refractivity contribution in [3.8, 4) is 0 Å². The molecule has 2 nitrogen and oxygen atoms in total. The van der Waals surface area contributed by atoms with Crippen LogP contribution in [0.5, 0.6) is 0 Å². The first-order valence-corrected chi connectivity index (χ1v) is 11.8. The van der Waals surface area contributed by atoms with Gasteiger partial charge in [-0.1, -0.05) is 76.6 Å². The van der Waals surface area contributed by atoms with Gasteiger partial charge in [0.1, 0.15) is 0 Å². The summed E-state index contributed by atoms with van der Waals surface area (Å²) in [6, 6.07) is 6.67. The quantitative estimate of drug-likeness (QED) is 0.576. The van der Waals surface area contributed by atoms with Crippen LogP contribution in [0.1, 0.15) is 88.8 Å². The van der Waals surface area contributed by atoms with Crippen LogP contribution < -0.4 is 5.32 Å². The van der Waals surface area contributed by atoms with Crippen LogP contribution in [0.15, 0.2) is 18.2 Å². The van der Waals surface area contributed by atoms with Crippen molar-refractivity contribution in [2.45, 2.75) is 92.0 Å². The first-order chi connectivity index (χ1) is 13.5. The topological polar surface area (TPSA) is 29.1 Å².